The molecule has 0 spiro atoms. The molecule has 0 radical (unpaired) electrons. The molecule has 1 amide bonds. The van der Waals surface area contributed by atoms with Crippen LogP contribution in [0.3, 0.4) is 0 Å². The molecule has 146 valence electrons. The molecule has 27 heavy (non-hydrogen) atoms. The Labute approximate surface area is 163 Å². The molecule has 0 bridgehead atoms. The number of nitrogens with zero attached hydrogens (tertiary/aromatic N) is 2. The summed E-state index contributed by atoms with van der Waals surface area (Å²) in [5.41, 5.74) is 1.10. The van der Waals surface area contributed by atoms with Crippen molar-refractivity contribution in [1.29, 1.82) is 0 Å². The van der Waals surface area contributed by atoms with E-state index in [0.717, 1.165) is 9.20 Å². The predicted molar refractivity (Wildman–Crippen MR) is 107 cm³/mol. The third kappa shape index (κ3) is 5.44. The smallest absolute Gasteiger partial charge is 0.242 e. The van der Waals surface area contributed by atoms with E-state index >= 15 is 0 Å². The van der Waals surface area contributed by atoms with Crippen molar-refractivity contribution in [2.45, 2.75) is 9.79 Å². The molecule has 0 saturated carbocycles. The minimum absolute atomic E-state index is 0.0968. The van der Waals surface area contributed by atoms with Crippen LogP contribution in [0.5, 0.6) is 0 Å². The van der Waals surface area contributed by atoms with Crippen LogP contribution >= 0.6 is 11.8 Å². The van der Waals surface area contributed by atoms with E-state index in [-0.39, 0.29) is 22.4 Å². The average molecular weight is 412 g/mol. The number of carbonyl (C=O) groups excluding carboxylic acids is 1. The lowest BCUT2D eigenvalue weighted by atomic mass is 10.2. The zero-order chi connectivity index (χ0) is 20.2. The second-order valence-corrected chi connectivity index (χ2v) is 9.35. The number of thioether (sulfide) groups is 1. The van der Waals surface area contributed by atoms with Crippen molar-refractivity contribution in [3.8, 4) is 0 Å². The summed E-state index contributed by atoms with van der Waals surface area (Å²) >= 11 is 1.27. The maximum Gasteiger partial charge on any atom is 0.242 e. The van der Waals surface area contributed by atoms with Gasteiger partial charge in [-0.2, -0.15) is 0 Å². The molecular formula is C18H22FN3O3S2. The highest BCUT2D eigenvalue weighted by atomic mass is 32.2. The third-order valence-electron chi connectivity index (χ3n) is 3.69. The number of sulfonamides is 1. The highest BCUT2D eigenvalue weighted by Gasteiger charge is 2.20. The Balaban J connectivity index is 2.19. The first-order valence-electron chi connectivity index (χ1n) is 8.03. The van der Waals surface area contributed by atoms with Gasteiger partial charge in [0.25, 0.3) is 0 Å². The quantitative estimate of drug-likeness (QED) is 0.710. The first-order valence-corrected chi connectivity index (χ1v) is 10.5. The Hall–Kier alpha value is -2.10. The standard InChI is InChI=1S/C18H22FN3O3S2/c1-21(2)17-10-9-15(27(24,25)22(3)4)11-16(17)20-18(23)12-26-14-7-5-13(19)6-8-14/h5-11H,12H2,1-4H3,(H,20,23). The molecule has 1 N–H and O–H groups in total. The molecule has 0 saturated heterocycles. The summed E-state index contributed by atoms with van der Waals surface area (Å²) in [4.78, 5) is 15.0. The Morgan fingerprint density at radius 1 is 1.07 bits per heavy atom. The summed E-state index contributed by atoms with van der Waals surface area (Å²) in [6, 6.07) is 10.5. The number of anilines is 2. The maximum absolute atomic E-state index is 12.9. The Morgan fingerprint density at radius 2 is 1.70 bits per heavy atom. The van der Waals surface area contributed by atoms with Crippen molar-refractivity contribution >= 4 is 39.1 Å². The van der Waals surface area contributed by atoms with E-state index in [4.69, 9.17) is 0 Å². The van der Waals surface area contributed by atoms with Gasteiger partial charge in [-0.15, -0.1) is 11.8 Å². The van der Waals surface area contributed by atoms with Gasteiger partial charge in [-0.1, -0.05) is 0 Å². The fourth-order valence-electron chi connectivity index (χ4n) is 2.24. The molecule has 2 aromatic rings. The summed E-state index contributed by atoms with van der Waals surface area (Å²) in [5, 5.41) is 2.77. The molecule has 0 aromatic heterocycles. The van der Waals surface area contributed by atoms with E-state index in [9.17, 15) is 17.6 Å². The molecule has 0 aliphatic heterocycles. The van der Waals surface area contributed by atoms with Crippen LogP contribution in [0.1, 0.15) is 0 Å². The van der Waals surface area contributed by atoms with Gasteiger partial charge in [0.2, 0.25) is 15.9 Å². The van der Waals surface area contributed by atoms with Crippen LogP contribution in [0, 0.1) is 5.82 Å². The highest BCUT2D eigenvalue weighted by molar-refractivity contribution is 8.00. The van der Waals surface area contributed by atoms with Gasteiger partial charge < -0.3 is 10.2 Å². The molecular weight excluding hydrogens is 389 g/mol. The fourth-order valence-corrected chi connectivity index (χ4v) is 3.87. The number of nitrogens with one attached hydrogen (secondary N) is 1. The van der Waals surface area contributed by atoms with Crippen molar-refractivity contribution in [3.63, 3.8) is 0 Å². The minimum atomic E-state index is -3.61. The van der Waals surface area contributed by atoms with Crippen LogP contribution in [-0.2, 0) is 14.8 Å². The van der Waals surface area contributed by atoms with E-state index < -0.39 is 10.0 Å². The van der Waals surface area contributed by atoms with Crippen molar-refractivity contribution in [2.75, 3.05) is 44.2 Å². The van der Waals surface area contributed by atoms with Crippen molar-refractivity contribution in [3.05, 3.63) is 48.3 Å². The summed E-state index contributed by atoms with van der Waals surface area (Å²) in [7, 11) is 2.90. The molecule has 6 nitrogen and oxygen atoms in total. The lowest BCUT2D eigenvalue weighted by Crippen LogP contribution is -2.23. The molecule has 0 heterocycles. The Morgan fingerprint density at radius 3 is 2.26 bits per heavy atom. The topological polar surface area (TPSA) is 69.7 Å². The van der Waals surface area contributed by atoms with E-state index in [1.54, 1.807) is 37.2 Å². The molecule has 0 aliphatic rings. The van der Waals surface area contributed by atoms with E-state index in [2.05, 4.69) is 5.32 Å². The predicted octanol–water partition coefficient (Wildman–Crippen LogP) is 2.87. The van der Waals surface area contributed by atoms with E-state index in [1.165, 1.54) is 50.1 Å². The molecule has 9 heteroatoms. The monoisotopic (exact) mass is 411 g/mol. The van der Waals surface area contributed by atoms with Gasteiger partial charge in [0.1, 0.15) is 5.82 Å². The largest absolute Gasteiger partial charge is 0.376 e. The minimum Gasteiger partial charge on any atom is -0.376 e. The summed E-state index contributed by atoms with van der Waals surface area (Å²) in [6.07, 6.45) is 0. The molecule has 2 aromatic carbocycles. The summed E-state index contributed by atoms with van der Waals surface area (Å²) in [5.74, 6) is -0.506. The number of hydrogen-bond acceptors (Lipinski definition) is 5. The fraction of sp³-hybridized carbons (Fsp3) is 0.278. The second kappa shape index (κ2) is 8.73. The summed E-state index contributed by atoms with van der Waals surface area (Å²) in [6.45, 7) is 0. The van der Waals surface area contributed by atoms with Crippen LogP contribution in [0.25, 0.3) is 0 Å². The SMILES string of the molecule is CN(C)c1ccc(S(=O)(=O)N(C)C)cc1NC(=O)CSc1ccc(F)cc1. The second-order valence-electron chi connectivity index (χ2n) is 6.15. The lowest BCUT2D eigenvalue weighted by molar-refractivity contribution is -0.113. The average Bonchev–Trinajstić information content (AvgIpc) is 2.60. The van der Waals surface area contributed by atoms with Gasteiger partial charge in [-0.3, -0.25) is 4.79 Å². The highest BCUT2D eigenvalue weighted by Crippen LogP contribution is 2.29. The van der Waals surface area contributed by atoms with Crippen molar-refractivity contribution < 1.29 is 17.6 Å². The maximum atomic E-state index is 12.9. The van der Waals surface area contributed by atoms with Gasteiger partial charge in [-0.05, 0) is 42.5 Å². The lowest BCUT2D eigenvalue weighted by Gasteiger charge is -2.20. The number of carbonyl (C=O) groups is 1. The number of benzene rings is 2. The molecule has 0 atom stereocenters. The van der Waals surface area contributed by atoms with Crippen LogP contribution in [-0.4, -0.2) is 52.6 Å². The van der Waals surface area contributed by atoms with Crippen LogP contribution in [0.15, 0.2) is 52.3 Å². The van der Waals surface area contributed by atoms with Gasteiger partial charge >= 0.3 is 0 Å². The van der Waals surface area contributed by atoms with E-state index in [0.29, 0.717) is 11.4 Å². The first kappa shape index (κ1) is 21.2. The Bertz CT molecular complexity index is 914. The van der Waals surface area contributed by atoms with Crippen LogP contribution in [0.2, 0.25) is 0 Å². The van der Waals surface area contributed by atoms with E-state index in [1.807, 2.05) is 0 Å². The van der Waals surface area contributed by atoms with Crippen molar-refractivity contribution in [2.24, 2.45) is 0 Å². The normalized spacial score (nSPS) is 11.5. The zero-order valence-corrected chi connectivity index (χ0v) is 17.2. The van der Waals surface area contributed by atoms with Gasteiger partial charge in [0, 0.05) is 33.1 Å². The molecule has 2 rings (SSSR count). The Kier molecular flexibility index (Phi) is 6.85. The van der Waals surface area contributed by atoms with Crippen LogP contribution < -0.4 is 10.2 Å². The number of hydrogen-bond donors (Lipinski definition) is 1. The van der Waals surface area contributed by atoms with Gasteiger partial charge in [0.05, 0.1) is 22.0 Å². The van der Waals surface area contributed by atoms with Crippen molar-refractivity contribution in [1.82, 2.24) is 4.31 Å². The zero-order valence-electron chi connectivity index (χ0n) is 15.6. The molecule has 0 fully saturated rings. The van der Waals surface area contributed by atoms with Gasteiger partial charge in [0.15, 0.2) is 0 Å². The summed E-state index contributed by atoms with van der Waals surface area (Å²) < 4.78 is 38.8. The molecule has 0 unspecified atom stereocenters. The van der Waals surface area contributed by atoms with Gasteiger partial charge in [-0.25, -0.2) is 17.1 Å². The number of rotatable bonds is 7. The molecule has 0 aliphatic carbocycles. The van der Waals surface area contributed by atoms with Crippen LogP contribution in [0.4, 0.5) is 15.8 Å². The first-order chi connectivity index (χ1) is 12.6. The third-order valence-corrected chi connectivity index (χ3v) is 6.51. The number of amides is 1. The number of halogens is 1.